The van der Waals surface area contributed by atoms with E-state index in [0.29, 0.717) is 32.4 Å². The number of hydrogen-bond acceptors (Lipinski definition) is 3. The maximum absolute atomic E-state index is 11.9. The van der Waals surface area contributed by atoms with Crippen LogP contribution in [-0.4, -0.2) is 24.2 Å². The molecule has 1 amide bonds. The van der Waals surface area contributed by atoms with Crippen LogP contribution in [-0.2, 0) is 16.6 Å². The van der Waals surface area contributed by atoms with E-state index in [0.717, 1.165) is 11.3 Å². The second-order valence-corrected chi connectivity index (χ2v) is 7.50. The number of benzene rings is 2. The topological polar surface area (TPSA) is 58.6 Å². The van der Waals surface area contributed by atoms with Crippen LogP contribution < -0.4 is 10.1 Å². The van der Waals surface area contributed by atoms with Gasteiger partial charge in [-0.3, -0.25) is 4.79 Å². The number of aromatic hydroxyl groups is 1. The van der Waals surface area contributed by atoms with Crippen molar-refractivity contribution in [3.05, 3.63) is 59.7 Å². The molecule has 0 aliphatic carbocycles. The third-order valence-corrected chi connectivity index (χ3v) is 4.18. The lowest BCUT2D eigenvalue weighted by Crippen LogP contribution is -2.25. The van der Waals surface area contributed by atoms with Gasteiger partial charge < -0.3 is 15.2 Å². The number of phenols is 1. The number of hydrogen-bond donors (Lipinski definition) is 2. The Morgan fingerprint density at radius 1 is 1.12 bits per heavy atom. The summed E-state index contributed by atoms with van der Waals surface area (Å²) in [5.41, 5.74) is 2.41. The van der Waals surface area contributed by atoms with Crippen molar-refractivity contribution in [1.29, 1.82) is 0 Å². The molecule has 0 atom stereocenters. The summed E-state index contributed by atoms with van der Waals surface area (Å²) in [4.78, 5) is 11.9. The molecule has 0 aliphatic heterocycles. The van der Waals surface area contributed by atoms with Gasteiger partial charge in [-0.15, -0.1) is 0 Å². The average Bonchev–Trinajstić information content (AvgIpc) is 2.58. The summed E-state index contributed by atoms with van der Waals surface area (Å²) in [5.74, 6) is 1.11. The number of nitrogens with one attached hydrogen (secondary N) is 1. The molecule has 0 radical (unpaired) electrons. The van der Waals surface area contributed by atoms with Crippen molar-refractivity contribution >= 4 is 5.91 Å². The van der Waals surface area contributed by atoms with Gasteiger partial charge in [-0.05, 0) is 53.6 Å². The predicted octanol–water partition coefficient (Wildman–Crippen LogP) is 4.21. The molecule has 0 aromatic heterocycles. The van der Waals surface area contributed by atoms with E-state index in [-0.39, 0.29) is 17.1 Å². The fourth-order valence-corrected chi connectivity index (χ4v) is 2.62. The van der Waals surface area contributed by atoms with E-state index in [1.807, 2.05) is 18.2 Å². The summed E-state index contributed by atoms with van der Waals surface area (Å²) in [6.07, 6.45) is 1.83. The van der Waals surface area contributed by atoms with E-state index in [9.17, 15) is 9.90 Å². The van der Waals surface area contributed by atoms with E-state index in [1.165, 1.54) is 5.56 Å². The summed E-state index contributed by atoms with van der Waals surface area (Å²) in [6, 6.07) is 15.2. The maximum Gasteiger partial charge on any atom is 0.220 e. The van der Waals surface area contributed by atoms with Gasteiger partial charge in [0.25, 0.3) is 0 Å². The molecule has 2 rings (SSSR count). The van der Waals surface area contributed by atoms with Crippen LogP contribution >= 0.6 is 0 Å². The van der Waals surface area contributed by atoms with Crippen LogP contribution in [0, 0.1) is 0 Å². The molecule has 2 N–H and O–H groups in total. The second-order valence-electron chi connectivity index (χ2n) is 7.50. The largest absolute Gasteiger partial charge is 0.508 e. The summed E-state index contributed by atoms with van der Waals surface area (Å²) >= 11 is 0. The van der Waals surface area contributed by atoms with Crippen LogP contribution in [0.5, 0.6) is 11.5 Å². The van der Waals surface area contributed by atoms with Crippen molar-refractivity contribution in [3.8, 4) is 11.5 Å². The van der Waals surface area contributed by atoms with Crippen molar-refractivity contribution in [2.24, 2.45) is 0 Å². The fraction of sp³-hybridized carbons (Fsp3) is 0.409. The Morgan fingerprint density at radius 2 is 1.85 bits per heavy atom. The zero-order valence-corrected chi connectivity index (χ0v) is 15.9. The number of carbonyl (C=O) groups excluding carboxylic acids is 1. The molecule has 4 heteroatoms. The summed E-state index contributed by atoms with van der Waals surface area (Å²) in [6.45, 7) is 7.64. The molecular formula is C22H29NO3. The molecule has 0 aliphatic rings. The van der Waals surface area contributed by atoms with Gasteiger partial charge in [0.1, 0.15) is 11.5 Å². The summed E-state index contributed by atoms with van der Waals surface area (Å²) in [7, 11) is 0. The van der Waals surface area contributed by atoms with Gasteiger partial charge in [-0.1, -0.05) is 45.0 Å². The monoisotopic (exact) mass is 355 g/mol. The zero-order chi connectivity index (χ0) is 19.0. The van der Waals surface area contributed by atoms with Crippen molar-refractivity contribution in [2.45, 2.75) is 45.4 Å². The SMILES string of the molecule is CC(C)(C)c1ccc(OCCCC(=O)NCCc2cccc(O)c2)cc1. The summed E-state index contributed by atoms with van der Waals surface area (Å²) in [5, 5.41) is 12.3. The van der Waals surface area contributed by atoms with Crippen molar-refractivity contribution in [1.82, 2.24) is 5.32 Å². The van der Waals surface area contributed by atoms with Crippen molar-refractivity contribution in [2.75, 3.05) is 13.2 Å². The molecule has 26 heavy (non-hydrogen) atoms. The second kappa shape index (κ2) is 9.27. The number of carbonyl (C=O) groups is 1. The van der Waals surface area contributed by atoms with Gasteiger partial charge in [0.15, 0.2) is 0 Å². The average molecular weight is 355 g/mol. The number of rotatable bonds is 8. The number of amides is 1. The van der Waals surface area contributed by atoms with Crippen LogP contribution in [0.1, 0.15) is 44.7 Å². The molecular weight excluding hydrogens is 326 g/mol. The first-order chi connectivity index (χ1) is 12.3. The minimum atomic E-state index is 0.0248. The van der Waals surface area contributed by atoms with Crippen LogP contribution in [0.2, 0.25) is 0 Å². The van der Waals surface area contributed by atoms with E-state index in [2.05, 4.69) is 38.2 Å². The maximum atomic E-state index is 11.9. The Hall–Kier alpha value is -2.49. The molecule has 4 nitrogen and oxygen atoms in total. The van der Waals surface area contributed by atoms with Gasteiger partial charge >= 0.3 is 0 Å². The van der Waals surface area contributed by atoms with Crippen LogP contribution in [0.4, 0.5) is 0 Å². The van der Waals surface area contributed by atoms with Gasteiger partial charge in [-0.25, -0.2) is 0 Å². The van der Waals surface area contributed by atoms with Gasteiger partial charge in [0, 0.05) is 13.0 Å². The third kappa shape index (κ3) is 6.79. The van der Waals surface area contributed by atoms with Crippen LogP contribution in [0.15, 0.2) is 48.5 Å². The highest BCUT2D eigenvalue weighted by molar-refractivity contribution is 5.75. The Labute approximate surface area is 156 Å². The van der Waals surface area contributed by atoms with E-state index >= 15 is 0 Å². The Balaban J connectivity index is 1.61. The first-order valence-electron chi connectivity index (χ1n) is 9.12. The molecule has 0 saturated carbocycles. The van der Waals surface area contributed by atoms with E-state index in [4.69, 9.17) is 4.74 Å². The van der Waals surface area contributed by atoms with Gasteiger partial charge in [-0.2, -0.15) is 0 Å². The lowest BCUT2D eigenvalue weighted by atomic mass is 9.87. The zero-order valence-electron chi connectivity index (χ0n) is 15.9. The van der Waals surface area contributed by atoms with E-state index < -0.39 is 0 Å². The lowest BCUT2D eigenvalue weighted by molar-refractivity contribution is -0.121. The van der Waals surface area contributed by atoms with E-state index in [1.54, 1.807) is 18.2 Å². The van der Waals surface area contributed by atoms with Crippen LogP contribution in [0.3, 0.4) is 0 Å². The molecule has 0 unspecified atom stereocenters. The molecule has 2 aromatic carbocycles. The minimum Gasteiger partial charge on any atom is -0.508 e. The fourth-order valence-electron chi connectivity index (χ4n) is 2.62. The van der Waals surface area contributed by atoms with Crippen molar-refractivity contribution < 1.29 is 14.6 Å². The lowest BCUT2D eigenvalue weighted by Gasteiger charge is -2.19. The first-order valence-corrected chi connectivity index (χ1v) is 9.12. The van der Waals surface area contributed by atoms with Gasteiger partial charge in [0.05, 0.1) is 6.61 Å². The summed E-state index contributed by atoms with van der Waals surface area (Å²) < 4.78 is 5.70. The van der Waals surface area contributed by atoms with Crippen molar-refractivity contribution in [3.63, 3.8) is 0 Å². The molecule has 0 fully saturated rings. The molecule has 2 aromatic rings. The first kappa shape index (κ1) is 19.8. The number of phenolic OH excluding ortho intramolecular Hbond substituents is 1. The van der Waals surface area contributed by atoms with Crippen LogP contribution in [0.25, 0.3) is 0 Å². The number of ether oxygens (including phenoxy) is 1. The van der Waals surface area contributed by atoms with Gasteiger partial charge in [0.2, 0.25) is 5.91 Å². The third-order valence-electron chi connectivity index (χ3n) is 4.18. The minimum absolute atomic E-state index is 0.0248. The standard InChI is InChI=1S/C22H29NO3/c1-22(2,3)18-9-11-20(12-10-18)26-15-5-8-21(25)23-14-13-17-6-4-7-19(24)16-17/h4,6-7,9-12,16,24H,5,8,13-15H2,1-3H3,(H,23,25). The molecule has 0 spiro atoms. The molecule has 0 saturated heterocycles. The predicted molar refractivity (Wildman–Crippen MR) is 105 cm³/mol. The Kier molecular flexibility index (Phi) is 7.07. The quantitative estimate of drug-likeness (QED) is 0.698. The Bertz CT molecular complexity index is 702. The molecule has 0 heterocycles. The smallest absolute Gasteiger partial charge is 0.220 e. The highest BCUT2D eigenvalue weighted by Gasteiger charge is 2.12. The Morgan fingerprint density at radius 3 is 2.50 bits per heavy atom. The molecule has 140 valence electrons. The molecule has 0 bridgehead atoms. The highest BCUT2D eigenvalue weighted by Crippen LogP contribution is 2.24. The highest BCUT2D eigenvalue weighted by atomic mass is 16.5. The normalized spacial score (nSPS) is 11.2.